The van der Waals surface area contributed by atoms with Crippen LogP contribution >= 0.6 is 0 Å². The van der Waals surface area contributed by atoms with Gasteiger partial charge in [-0.25, -0.2) is 0 Å². The van der Waals surface area contributed by atoms with Gasteiger partial charge in [-0.3, -0.25) is 14.5 Å². The smallest absolute Gasteiger partial charge is 0.238 e. The highest BCUT2D eigenvalue weighted by molar-refractivity contribution is 6.22. The van der Waals surface area contributed by atoms with Crippen LogP contribution in [0.5, 0.6) is 0 Å². The molecule has 2 aromatic rings. The van der Waals surface area contributed by atoms with Crippen LogP contribution in [0.2, 0.25) is 0 Å². The van der Waals surface area contributed by atoms with Crippen molar-refractivity contribution in [1.29, 1.82) is 0 Å². The van der Waals surface area contributed by atoms with Crippen LogP contribution in [0.4, 0.5) is 5.69 Å². The van der Waals surface area contributed by atoms with Gasteiger partial charge in [0, 0.05) is 5.92 Å². The second-order valence-corrected chi connectivity index (χ2v) is 7.45. The lowest BCUT2D eigenvalue weighted by Crippen LogP contribution is -2.32. The zero-order valence-electron chi connectivity index (χ0n) is 15.6. The Morgan fingerprint density at radius 2 is 1.52 bits per heavy atom. The first kappa shape index (κ1) is 17.5. The summed E-state index contributed by atoms with van der Waals surface area (Å²) < 4.78 is 0. The van der Waals surface area contributed by atoms with Crippen LogP contribution in [0, 0.1) is 17.8 Å². The van der Waals surface area contributed by atoms with Crippen molar-refractivity contribution in [3.05, 3.63) is 84.0 Å². The highest BCUT2D eigenvalue weighted by Crippen LogP contribution is 2.46. The Bertz CT molecular complexity index is 923. The van der Waals surface area contributed by atoms with E-state index >= 15 is 0 Å². The second-order valence-electron chi connectivity index (χ2n) is 7.45. The molecule has 0 spiro atoms. The molecule has 1 heterocycles. The van der Waals surface area contributed by atoms with Crippen LogP contribution < -0.4 is 4.90 Å². The van der Waals surface area contributed by atoms with Crippen LogP contribution in [0.3, 0.4) is 0 Å². The van der Waals surface area contributed by atoms with Crippen LogP contribution in [0.15, 0.2) is 78.4 Å². The Labute approximate surface area is 160 Å². The molecular weight excluding hydrogens is 334 g/mol. The molecule has 0 aromatic heterocycles. The molecule has 0 N–H and O–H groups in total. The highest BCUT2D eigenvalue weighted by atomic mass is 16.2. The number of nitrogens with zero attached hydrogens (tertiary/aromatic N) is 1. The maximum Gasteiger partial charge on any atom is 0.238 e. The van der Waals surface area contributed by atoms with E-state index in [2.05, 4.69) is 38.1 Å². The van der Waals surface area contributed by atoms with Gasteiger partial charge >= 0.3 is 0 Å². The minimum Gasteiger partial charge on any atom is -0.274 e. The quantitative estimate of drug-likeness (QED) is 0.581. The molecule has 0 radical (unpaired) electrons. The molecule has 136 valence electrons. The Morgan fingerprint density at radius 1 is 0.889 bits per heavy atom. The first-order valence-corrected chi connectivity index (χ1v) is 9.42. The number of anilines is 1. The second kappa shape index (κ2) is 6.99. The number of carbonyl (C=O) groups excluding carboxylic acids is 2. The number of imide groups is 1. The number of allylic oxidation sites excluding steroid dienone is 4. The largest absolute Gasteiger partial charge is 0.274 e. The monoisotopic (exact) mass is 357 g/mol. The van der Waals surface area contributed by atoms with E-state index < -0.39 is 0 Å². The van der Waals surface area contributed by atoms with Crippen molar-refractivity contribution < 1.29 is 9.59 Å². The summed E-state index contributed by atoms with van der Waals surface area (Å²) >= 11 is 0. The minimum atomic E-state index is -0.340. The SMILES string of the molecule is CC(C)=C(c1ccccc1)C1C=CC[C@H]2C(=O)N(c3ccccc3)C(=O)[C@@H]12. The Kier molecular flexibility index (Phi) is 4.53. The summed E-state index contributed by atoms with van der Waals surface area (Å²) in [5.74, 6) is -0.869. The molecule has 3 heteroatoms. The molecule has 3 nitrogen and oxygen atoms in total. The predicted octanol–water partition coefficient (Wildman–Crippen LogP) is 4.86. The third kappa shape index (κ3) is 2.93. The number of amides is 2. The predicted molar refractivity (Wildman–Crippen MR) is 108 cm³/mol. The van der Waals surface area contributed by atoms with Gasteiger partial charge in [0.25, 0.3) is 0 Å². The molecule has 1 aliphatic heterocycles. The summed E-state index contributed by atoms with van der Waals surface area (Å²) in [5, 5.41) is 0. The lowest BCUT2D eigenvalue weighted by atomic mass is 9.71. The molecule has 2 amide bonds. The Balaban J connectivity index is 1.77. The molecule has 3 atom stereocenters. The lowest BCUT2D eigenvalue weighted by Gasteiger charge is -2.29. The Morgan fingerprint density at radius 3 is 2.15 bits per heavy atom. The molecule has 2 aromatic carbocycles. The topological polar surface area (TPSA) is 37.4 Å². The number of fused-ring (bicyclic) bond motifs is 1. The third-order valence-corrected chi connectivity index (χ3v) is 5.57. The van der Waals surface area contributed by atoms with Crippen molar-refractivity contribution in [3.8, 4) is 0 Å². The average Bonchev–Trinajstić information content (AvgIpc) is 2.94. The van der Waals surface area contributed by atoms with E-state index in [9.17, 15) is 9.59 Å². The van der Waals surface area contributed by atoms with Crippen LogP contribution in [-0.4, -0.2) is 11.8 Å². The van der Waals surface area contributed by atoms with Gasteiger partial charge in [-0.05, 0) is 43.5 Å². The van der Waals surface area contributed by atoms with Crippen molar-refractivity contribution in [2.24, 2.45) is 17.8 Å². The van der Waals surface area contributed by atoms with Gasteiger partial charge in [0.15, 0.2) is 0 Å². The molecule has 27 heavy (non-hydrogen) atoms. The molecule has 1 unspecified atom stereocenters. The van der Waals surface area contributed by atoms with Gasteiger partial charge in [-0.1, -0.05) is 66.3 Å². The third-order valence-electron chi connectivity index (χ3n) is 5.57. The van der Waals surface area contributed by atoms with Crippen LogP contribution in [0.25, 0.3) is 5.57 Å². The highest BCUT2D eigenvalue weighted by Gasteiger charge is 2.52. The number of rotatable bonds is 3. The fraction of sp³-hybridized carbons (Fsp3) is 0.250. The summed E-state index contributed by atoms with van der Waals surface area (Å²) in [6, 6.07) is 19.4. The van der Waals surface area contributed by atoms with E-state index in [4.69, 9.17) is 0 Å². The zero-order valence-corrected chi connectivity index (χ0v) is 15.6. The minimum absolute atomic E-state index is 0.0771. The van der Waals surface area contributed by atoms with Gasteiger partial charge in [0.2, 0.25) is 11.8 Å². The van der Waals surface area contributed by atoms with Gasteiger partial charge < -0.3 is 0 Å². The summed E-state index contributed by atoms with van der Waals surface area (Å²) in [5.41, 5.74) is 4.11. The molecular formula is C24H23NO2. The average molecular weight is 357 g/mol. The van der Waals surface area contributed by atoms with Crippen molar-refractivity contribution in [1.82, 2.24) is 0 Å². The summed E-state index contributed by atoms with van der Waals surface area (Å²) in [6.07, 6.45) is 4.81. The van der Waals surface area contributed by atoms with Crippen molar-refractivity contribution in [2.75, 3.05) is 4.90 Å². The first-order chi connectivity index (χ1) is 13.1. The van der Waals surface area contributed by atoms with E-state index in [1.54, 1.807) is 0 Å². The summed E-state index contributed by atoms with van der Waals surface area (Å²) in [6.45, 7) is 4.16. The molecule has 0 saturated carbocycles. The fourth-order valence-electron chi connectivity index (χ4n) is 4.43. The fourth-order valence-corrected chi connectivity index (χ4v) is 4.43. The molecule has 0 bridgehead atoms. The van der Waals surface area contributed by atoms with Crippen molar-refractivity contribution in [3.63, 3.8) is 0 Å². The van der Waals surface area contributed by atoms with Gasteiger partial charge in [0.1, 0.15) is 0 Å². The maximum atomic E-state index is 13.4. The normalized spacial score (nSPS) is 24.1. The van der Waals surface area contributed by atoms with E-state index in [-0.39, 0.29) is 29.6 Å². The number of carbonyl (C=O) groups is 2. The molecule has 1 aliphatic carbocycles. The number of hydrogen-bond acceptors (Lipinski definition) is 2. The molecule has 2 aliphatic rings. The van der Waals surface area contributed by atoms with Crippen molar-refractivity contribution >= 4 is 23.1 Å². The van der Waals surface area contributed by atoms with E-state index in [1.807, 2.05) is 48.5 Å². The van der Waals surface area contributed by atoms with E-state index in [0.717, 1.165) is 11.1 Å². The molecule has 4 rings (SSSR count). The van der Waals surface area contributed by atoms with E-state index in [0.29, 0.717) is 12.1 Å². The van der Waals surface area contributed by atoms with Crippen LogP contribution in [0.1, 0.15) is 25.8 Å². The molecule has 1 saturated heterocycles. The van der Waals surface area contributed by atoms with Crippen molar-refractivity contribution in [2.45, 2.75) is 20.3 Å². The molecule has 1 fully saturated rings. The lowest BCUT2D eigenvalue weighted by molar-refractivity contribution is -0.122. The van der Waals surface area contributed by atoms with E-state index in [1.165, 1.54) is 10.5 Å². The van der Waals surface area contributed by atoms with Gasteiger partial charge in [-0.15, -0.1) is 0 Å². The first-order valence-electron chi connectivity index (χ1n) is 9.42. The summed E-state index contributed by atoms with van der Waals surface area (Å²) in [7, 11) is 0. The Hall–Kier alpha value is -2.94. The number of benzene rings is 2. The maximum absolute atomic E-state index is 13.4. The van der Waals surface area contributed by atoms with Crippen LogP contribution in [-0.2, 0) is 9.59 Å². The van der Waals surface area contributed by atoms with Gasteiger partial charge in [-0.2, -0.15) is 0 Å². The summed E-state index contributed by atoms with van der Waals surface area (Å²) in [4.78, 5) is 27.8. The number of hydrogen-bond donors (Lipinski definition) is 0. The zero-order chi connectivity index (χ0) is 19.0. The number of para-hydroxylation sites is 1. The standard InChI is InChI=1S/C24H23NO2/c1-16(2)21(17-10-5-3-6-11-17)19-14-9-15-20-22(19)24(27)25(23(20)26)18-12-7-4-8-13-18/h3-14,19-20,22H,15H2,1-2H3/t19?,20-,22+/m1/s1. The van der Waals surface area contributed by atoms with Gasteiger partial charge in [0.05, 0.1) is 17.5 Å².